The number of carbonyl (C=O) groups excluding carboxylic acids is 2. The Morgan fingerprint density at radius 2 is 2.18 bits per heavy atom. The van der Waals surface area contributed by atoms with Gasteiger partial charge in [0.1, 0.15) is 0 Å². The summed E-state index contributed by atoms with van der Waals surface area (Å²) in [5, 5.41) is 5.03. The summed E-state index contributed by atoms with van der Waals surface area (Å²) in [6.45, 7) is 10.5. The molecule has 5 nitrogen and oxygen atoms in total. The van der Waals surface area contributed by atoms with Gasteiger partial charge in [0.15, 0.2) is 0 Å². The first kappa shape index (κ1) is 14.0. The second-order valence-electron chi connectivity index (χ2n) is 5.37. The zero-order chi connectivity index (χ0) is 13.1. The number of nitrogens with one attached hydrogen (secondary N) is 2. The number of imide groups is 1. The predicted octanol–water partition coefficient (Wildman–Crippen LogP) is 0.951. The largest absolute Gasteiger partial charge is 0.332 e. The fourth-order valence-corrected chi connectivity index (χ4v) is 2.27. The molecule has 98 valence electrons. The molecule has 2 unspecified atom stereocenters. The van der Waals surface area contributed by atoms with Crippen molar-refractivity contribution in [3.8, 4) is 0 Å². The summed E-state index contributed by atoms with van der Waals surface area (Å²) >= 11 is 0. The van der Waals surface area contributed by atoms with Crippen LogP contribution in [0.5, 0.6) is 0 Å². The van der Waals surface area contributed by atoms with Crippen LogP contribution < -0.4 is 10.6 Å². The van der Waals surface area contributed by atoms with E-state index in [9.17, 15) is 9.59 Å². The SMILES string of the molecule is CC(C)N1CCC(C)(NC(=O)NC=O)C(C)C1. The molecule has 0 radical (unpaired) electrons. The molecule has 0 saturated carbocycles. The summed E-state index contributed by atoms with van der Waals surface area (Å²) in [4.78, 5) is 24.0. The highest BCUT2D eigenvalue weighted by Gasteiger charge is 2.38. The average Bonchev–Trinajstić information content (AvgIpc) is 2.22. The Balaban J connectivity index is 2.60. The van der Waals surface area contributed by atoms with Gasteiger partial charge < -0.3 is 10.2 Å². The van der Waals surface area contributed by atoms with Gasteiger partial charge in [-0.3, -0.25) is 10.1 Å². The van der Waals surface area contributed by atoms with Crippen molar-refractivity contribution in [2.24, 2.45) is 5.92 Å². The molecule has 1 heterocycles. The number of nitrogens with zero attached hydrogens (tertiary/aromatic N) is 1. The van der Waals surface area contributed by atoms with Gasteiger partial charge in [-0.1, -0.05) is 6.92 Å². The topological polar surface area (TPSA) is 61.4 Å². The first-order chi connectivity index (χ1) is 7.89. The Labute approximate surface area is 103 Å². The van der Waals surface area contributed by atoms with E-state index in [1.165, 1.54) is 0 Å². The average molecular weight is 241 g/mol. The van der Waals surface area contributed by atoms with Crippen molar-refractivity contribution >= 4 is 12.4 Å². The molecule has 2 atom stereocenters. The van der Waals surface area contributed by atoms with Crippen molar-refractivity contribution in [1.29, 1.82) is 0 Å². The second-order valence-corrected chi connectivity index (χ2v) is 5.37. The Hall–Kier alpha value is -1.10. The molecule has 0 aromatic rings. The smallest absolute Gasteiger partial charge is 0.321 e. The first-order valence-corrected chi connectivity index (χ1v) is 6.15. The molecule has 3 amide bonds. The van der Waals surface area contributed by atoms with Gasteiger partial charge in [0, 0.05) is 24.7 Å². The molecule has 0 aromatic carbocycles. The van der Waals surface area contributed by atoms with Crippen molar-refractivity contribution in [3.05, 3.63) is 0 Å². The molecule has 0 aliphatic carbocycles. The number of hydrogen-bond acceptors (Lipinski definition) is 3. The highest BCUT2D eigenvalue weighted by Crippen LogP contribution is 2.28. The molecule has 2 N–H and O–H groups in total. The third kappa shape index (κ3) is 3.43. The van der Waals surface area contributed by atoms with E-state index in [2.05, 4.69) is 36.3 Å². The number of urea groups is 1. The van der Waals surface area contributed by atoms with Crippen LogP contribution in [0.1, 0.15) is 34.1 Å². The molecule has 17 heavy (non-hydrogen) atoms. The number of piperidine rings is 1. The Morgan fingerprint density at radius 1 is 1.53 bits per heavy atom. The predicted molar refractivity (Wildman–Crippen MR) is 66.6 cm³/mol. The summed E-state index contributed by atoms with van der Waals surface area (Å²) < 4.78 is 0. The monoisotopic (exact) mass is 241 g/mol. The van der Waals surface area contributed by atoms with E-state index in [0.29, 0.717) is 18.4 Å². The van der Waals surface area contributed by atoms with Crippen LogP contribution in [-0.4, -0.2) is 42.0 Å². The maximum absolute atomic E-state index is 11.4. The summed E-state index contributed by atoms with van der Waals surface area (Å²) in [6.07, 6.45) is 1.31. The molecule has 1 saturated heterocycles. The summed E-state index contributed by atoms with van der Waals surface area (Å²) in [5.41, 5.74) is -0.238. The molecule has 5 heteroatoms. The molecule has 1 aliphatic heterocycles. The standard InChI is InChI=1S/C12H23N3O2/c1-9(2)15-6-5-12(4,10(3)7-15)14-11(17)13-8-16/h8-10H,5-7H2,1-4H3,(H2,13,14,16,17). The number of carbonyl (C=O) groups is 2. The number of rotatable bonds is 3. The van der Waals surface area contributed by atoms with Gasteiger partial charge >= 0.3 is 6.03 Å². The highest BCUT2D eigenvalue weighted by atomic mass is 16.2. The quantitative estimate of drug-likeness (QED) is 0.723. The van der Waals surface area contributed by atoms with E-state index in [1.807, 2.05) is 6.92 Å². The number of likely N-dealkylation sites (tertiary alicyclic amines) is 1. The van der Waals surface area contributed by atoms with Crippen molar-refractivity contribution < 1.29 is 9.59 Å². The van der Waals surface area contributed by atoms with E-state index in [-0.39, 0.29) is 5.54 Å². The van der Waals surface area contributed by atoms with E-state index in [0.717, 1.165) is 19.5 Å². The van der Waals surface area contributed by atoms with E-state index in [4.69, 9.17) is 0 Å². The van der Waals surface area contributed by atoms with Crippen LogP contribution in [0.3, 0.4) is 0 Å². The maximum Gasteiger partial charge on any atom is 0.321 e. The number of amides is 3. The van der Waals surface area contributed by atoms with E-state index in [1.54, 1.807) is 0 Å². The third-order valence-electron chi connectivity index (χ3n) is 3.83. The molecule has 0 aromatic heterocycles. The molecule has 0 bridgehead atoms. The third-order valence-corrected chi connectivity index (χ3v) is 3.83. The van der Waals surface area contributed by atoms with Crippen molar-refractivity contribution in [1.82, 2.24) is 15.5 Å². The summed E-state index contributed by atoms with van der Waals surface area (Å²) in [7, 11) is 0. The van der Waals surface area contributed by atoms with Gasteiger partial charge in [0.25, 0.3) is 0 Å². The normalized spacial score (nSPS) is 30.1. The highest BCUT2D eigenvalue weighted by molar-refractivity contribution is 5.84. The number of hydrogen-bond donors (Lipinski definition) is 2. The van der Waals surface area contributed by atoms with Crippen LogP contribution in [-0.2, 0) is 4.79 Å². The van der Waals surface area contributed by atoms with E-state index >= 15 is 0 Å². The van der Waals surface area contributed by atoms with Crippen LogP contribution in [0, 0.1) is 5.92 Å². The molecule has 1 aliphatic rings. The van der Waals surface area contributed by atoms with Gasteiger partial charge in [-0.25, -0.2) is 4.79 Å². The molecular formula is C12H23N3O2. The lowest BCUT2D eigenvalue weighted by Gasteiger charge is -2.46. The molecule has 1 rings (SSSR count). The minimum atomic E-state index is -0.410. The lowest BCUT2D eigenvalue weighted by Crippen LogP contribution is -2.61. The van der Waals surface area contributed by atoms with Crippen LogP contribution in [0.2, 0.25) is 0 Å². The summed E-state index contributed by atoms with van der Waals surface area (Å²) in [6, 6.07) is 0.123. The second kappa shape index (κ2) is 5.49. The fourth-order valence-electron chi connectivity index (χ4n) is 2.27. The van der Waals surface area contributed by atoms with Gasteiger partial charge in [-0.15, -0.1) is 0 Å². The van der Waals surface area contributed by atoms with Crippen LogP contribution in [0.4, 0.5) is 4.79 Å². The van der Waals surface area contributed by atoms with Crippen LogP contribution in [0.15, 0.2) is 0 Å². The van der Waals surface area contributed by atoms with Crippen molar-refractivity contribution in [2.45, 2.75) is 45.7 Å². The van der Waals surface area contributed by atoms with Gasteiger partial charge in [0.05, 0.1) is 0 Å². The molecular weight excluding hydrogens is 218 g/mol. The summed E-state index contributed by atoms with van der Waals surface area (Å²) in [5.74, 6) is 0.357. The van der Waals surface area contributed by atoms with Crippen molar-refractivity contribution in [2.75, 3.05) is 13.1 Å². The molecule has 1 fully saturated rings. The lowest BCUT2D eigenvalue weighted by molar-refractivity contribution is -0.108. The van der Waals surface area contributed by atoms with Gasteiger partial charge in [-0.2, -0.15) is 0 Å². The van der Waals surface area contributed by atoms with Crippen molar-refractivity contribution in [3.63, 3.8) is 0 Å². The van der Waals surface area contributed by atoms with Crippen LogP contribution >= 0.6 is 0 Å². The van der Waals surface area contributed by atoms with Gasteiger partial charge in [-0.05, 0) is 33.1 Å². The fraction of sp³-hybridized carbons (Fsp3) is 0.833. The minimum Gasteiger partial charge on any atom is -0.332 e. The van der Waals surface area contributed by atoms with Gasteiger partial charge in [0.2, 0.25) is 6.41 Å². The maximum atomic E-state index is 11.4. The lowest BCUT2D eigenvalue weighted by atomic mass is 9.80. The zero-order valence-electron chi connectivity index (χ0n) is 11.1. The molecule has 0 spiro atoms. The minimum absolute atomic E-state index is 0.238. The Bertz CT molecular complexity index is 293. The Morgan fingerprint density at radius 3 is 2.65 bits per heavy atom. The zero-order valence-corrected chi connectivity index (χ0v) is 11.1. The Kier molecular flexibility index (Phi) is 4.51. The first-order valence-electron chi connectivity index (χ1n) is 6.15. The van der Waals surface area contributed by atoms with E-state index < -0.39 is 6.03 Å². The van der Waals surface area contributed by atoms with Crippen LogP contribution in [0.25, 0.3) is 0 Å².